The molecule has 0 spiro atoms. The first-order chi connectivity index (χ1) is 10.6. The Morgan fingerprint density at radius 3 is 2.45 bits per heavy atom. The van der Waals surface area contributed by atoms with Gasteiger partial charge in [0.15, 0.2) is 0 Å². The molecule has 2 aromatic rings. The number of hydrogen-bond donors (Lipinski definition) is 3. The Balaban J connectivity index is 1.83. The monoisotopic (exact) mass is 298 g/mol. The molecule has 5 heteroatoms. The van der Waals surface area contributed by atoms with Crippen molar-refractivity contribution in [2.45, 2.75) is 13.3 Å². The number of carbonyl (C=O) groups is 2. The molecule has 0 aliphatic carbocycles. The molecule has 3 N–H and O–H groups in total. The predicted octanol–water partition coefficient (Wildman–Crippen LogP) is 2.00. The van der Waals surface area contributed by atoms with E-state index in [1.807, 2.05) is 30.3 Å². The van der Waals surface area contributed by atoms with Crippen LogP contribution in [0.5, 0.6) is 5.75 Å². The third-order valence-corrected chi connectivity index (χ3v) is 3.21. The maximum Gasteiger partial charge on any atom is 0.313 e. The average Bonchev–Trinajstić information content (AvgIpc) is 2.51. The lowest BCUT2D eigenvalue weighted by Gasteiger charge is -2.09. The van der Waals surface area contributed by atoms with E-state index in [1.54, 1.807) is 13.0 Å². The summed E-state index contributed by atoms with van der Waals surface area (Å²) in [7, 11) is 0. The highest BCUT2D eigenvalue weighted by molar-refractivity contribution is 6.39. The minimum atomic E-state index is -0.721. The fourth-order valence-corrected chi connectivity index (χ4v) is 2.01. The maximum atomic E-state index is 11.8. The Morgan fingerprint density at radius 2 is 1.77 bits per heavy atom. The van der Waals surface area contributed by atoms with Crippen molar-refractivity contribution in [3.05, 3.63) is 59.7 Å². The van der Waals surface area contributed by atoms with E-state index in [0.29, 0.717) is 24.2 Å². The Bertz CT molecular complexity index is 669. The SMILES string of the molecule is Cc1cc(O)ccc1NC(=O)C(=O)NCCc1ccccc1. The van der Waals surface area contributed by atoms with Gasteiger partial charge in [-0.1, -0.05) is 30.3 Å². The first kappa shape index (κ1) is 15.6. The summed E-state index contributed by atoms with van der Waals surface area (Å²) in [5.41, 5.74) is 2.28. The van der Waals surface area contributed by atoms with Crippen LogP contribution in [0.15, 0.2) is 48.5 Å². The topological polar surface area (TPSA) is 78.4 Å². The summed E-state index contributed by atoms with van der Waals surface area (Å²) in [6.07, 6.45) is 0.665. The van der Waals surface area contributed by atoms with Gasteiger partial charge in [0.1, 0.15) is 5.75 Å². The van der Waals surface area contributed by atoms with Gasteiger partial charge >= 0.3 is 11.8 Å². The number of amides is 2. The number of rotatable bonds is 4. The van der Waals surface area contributed by atoms with Crippen LogP contribution in [-0.2, 0) is 16.0 Å². The second kappa shape index (κ2) is 7.26. The van der Waals surface area contributed by atoms with Crippen molar-refractivity contribution in [2.75, 3.05) is 11.9 Å². The summed E-state index contributed by atoms with van der Waals surface area (Å²) < 4.78 is 0. The van der Waals surface area contributed by atoms with E-state index >= 15 is 0 Å². The van der Waals surface area contributed by atoms with Gasteiger partial charge in [-0.15, -0.1) is 0 Å². The van der Waals surface area contributed by atoms with Gasteiger partial charge in [-0.3, -0.25) is 9.59 Å². The molecule has 0 fully saturated rings. The Kier molecular flexibility index (Phi) is 5.14. The Labute approximate surface area is 129 Å². The molecule has 2 aromatic carbocycles. The third kappa shape index (κ3) is 4.34. The van der Waals surface area contributed by atoms with E-state index in [9.17, 15) is 14.7 Å². The highest BCUT2D eigenvalue weighted by Gasteiger charge is 2.14. The van der Waals surface area contributed by atoms with Crippen LogP contribution in [-0.4, -0.2) is 23.5 Å². The van der Waals surface area contributed by atoms with Gasteiger partial charge in [0.25, 0.3) is 0 Å². The summed E-state index contributed by atoms with van der Waals surface area (Å²) in [4.78, 5) is 23.5. The van der Waals surface area contributed by atoms with Gasteiger partial charge in [-0.25, -0.2) is 0 Å². The third-order valence-electron chi connectivity index (χ3n) is 3.21. The zero-order valence-corrected chi connectivity index (χ0v) is 12.3. The zero-order chi connectivity index (χ0) is 15.9. The van der Waals surface area contributed by atoms with Crippen LogP contribution >= 0.6 is 0 Å². The standard InChI is InChI=1S/C17H18N2O3/c1-12-11-14(20)7-8-15(12)19-17(22)16(21)18-10-9-13-5-3-2-4-6-13/h2-8,11,20H,9-10H2,1H3,(H,18,21)(H,19,22). The molecule has 22 heavy (non-hydrogen) atoms. The largest absolute Gasteiger partial charge is 0.508 e. The van der Waals surface area contributed by atoms with Crippen LogP contribution in [0.4, 0.5) is 5.69 Å². The minimum Gasteiger partial charge on any atom is -0.508 e. The van der Waals surface area contributed by atoms with Gasteiger partial charge in [0, 0.05) is 12.2 Å². The molecule has 0 atom stereocenters. The lowest BCUT2D eigenvalue weighted by molar-refractivity contribution is -0.136. The normalized spacial score (nSPS) is 10.0. The lowest BCUT2D eigenvalue weighted by Crippen LogP contribution is -2.36. The van der Waals surface area contributed by atoms with Gasteiger partial charge in [0.05, 0.1) is 0 Å². The summed E-state index contributed by atoms with van der Waals surface area (Å²) in [5.74, 6) is -1.28. The number of carbonyl (C=O) groups excluding carboxylic acids is 2. The van der Waals surface area contributed by atoms with Gasteiger partial charge in [-0.2, -0.15) is 0 Å². The second-order valence-electron chi connectivity index (χ2n) is 4.94. The summed E-state index contributed by atoms with van der Waals surface area (Å²) >= 11 is 0. The molecular formula is C17H18N2O3. The summed E-state index contributed by atoms with van der Waals surface area (Å²) in [6.45, 7) is 2.13. The maximum absolute atomic E-state index is 11.8. The van der Waals surface area contributed by atoms with Crippen LogP contribution in [0.25, 0.3) is 0 Å². The fraction of sp³-hybridized carbons (Fsp3) is 0.176. The van der Waals surface area contributed by atoms with Crippen LogP contribution in [0.3, 0.4) is 0 Å². The second-order valence-corrected chi connectivity index (χ2v) is 4.94. The van der Waals surface area contributed by atoms with Gasteiger partial charge < -0.3 is 15.7 Å². The molecule has 0 aromatic heterocycles. The van der Waals surface area contributed by atoms with Crippen molar-refractivity contribution in [3.8, 4) is 5.75 Å². The van der Waals surface area contributed by atoms with E-state index in [0.717, 1.165) is 5.56 Å². The van der Waals surface area contributed by atoms with E-state index in [1.165, 1.54) is 12.1 Å². The number of hydrogen-bond acceptors (Lipinski definition) is 3. The van der Waals surface area contributed by atoms with Crippen LogP contribution in [0, 0.1) is 6.92 Å². The lowest BCUT2D eigenvalue weighted by atomic mass is 10.1. The molecule has 0 saturated heterocycles. The number of benzene rings is 2. The number of nitrogens with one attached hydrogen (secondary N) is 2. The molecule has 0 aliphatic rings. The van der Waals surface area contributed by atoms with Crippen molar-refractivity contribution in [2.24, 2.45) is 0 Å². The van der Waals surface area contributed by atoms with Crippen molar-refractivity contribution in [1.82, 2.24) is 5.32 Å². The molecule has 0 aliphatic heterocycles. The molecule has 5 nitrogen and oxygen atoms in total. The van der Waals surface area contributed by atoms with E-state index in [2.05, 4.69) is 10.6 Å². The molecule has 0 unspecified atom stereocenters. The first-order valence-electron chi connectivity index (χ1n) is 6.99. The molecule has 114 valence electrons. The average molecular weight is 298 g/mol. The van der Waals surface area contributed by atoms with Gasteiger partial charge in [0.2, 0.25) is 0 Å². The van der Waals surface area contributed by atoms with Crippen molar-refractivity contribution >= 4 is 17.5 Å². The molecule has 0 radical (unpaired) electrons. The minimum absolute atomic E-state index is 0.114. The molecule has 0 heterocycles. The Morgan fingerprint density at radius 1 is 1.05 bits per heavy atom. The van der Waals surface area contributed by atoms with Crippen molar-refractivity contribution in [3.63, 3.8) is 0 Å². The van der Waals surface area contributed by atoms with E-state index in [4.69, 9.17) is 0 Å². The zero-order valence-electron chi connectivity index (χ0n) is 12.3. The van der Waals surface area contributed by atoms with Crippen LogP contribution in [0.1, 0.15) is 11.1 Å². The summed E-state index contributed by atoms with van der Waals surface area (Å²) in [5, 5.41) is 14.4. The number of aryl methyl sites for hydroxylation is 1. The summed E-state index contributed by atoms with van der Waals surface area (Å²) in [6, 6.07) is 14.2. The van der Waals surface area contributed by atoms with Crippen molar-refractivity contribution < 1.29 is 14.7 Å². The van der Waals surface area contributed by atoms with Gasteiger partial charge in [-0.05, 0) is 42.7 Å². The van der Waals surface area contributed by atoms with Crippen LogP contribution in [0.2, 0.25) is 0 Å². The number of anilines is 1. The molecule has 2 amide bonds. The van der Waals surface area contributed by atoms with E-state index < -0.39 is 11.8 Å². The Hall–Kier alpha value is -2.82. The number of aromatic hydroxyl groups is 1. The number of phenolic OH excluding ortho intramolecular Hbond substituents is 1. The fourth-order valence-electron chi connectivity index (χ4n) is 2.01. The molecular weight excluding hydrogens is 280 g/mol. The highest BCUT2D eigenvalue weighted by Crippen LogP contribution is 2.19. The number of phenols is 1. The predicted molar refractivity (Wildman–Crippen MR) is 84.6 cm³/mol. The molecule has 0 bridgehead atoms. The smallest absolute Gasteiger partial charge is 0.313 e. The highest BCUT2D eigenvalue weighted by atomic mass is 16.3. The molecule has 2 rings (SSSR count). The molecule has 0 saturated carbocycles. The quantitative estimate of drug-likeness (QED) is 0.597. The van der Waals surface area contributed by atoms with Crippen LogP contribution < -0.4 is 10.6 Å². The van der Waals surface area contributed by atoms with Crippen molar-refractivity contribution in [1.29, 1.82) is 0 Å². The first-order valence-corrected chi connectivity index (χ1v) is 6.99. The van der Waals surface area contributed by atoms with E-state index in [-0.39, 0.29) is 5.75 Å².